The number of anilines is 1. The van der Waals surface area contributed by atoms with Crippen LogP contribution in [0.4, 0.5) is 5.82 Å². The number of nitrogens with zero attached hydrogens (tertiary/aromatic N) is 2. The number of halogens is 2. The van der Waals surface area contributed by atoms with Crippen molar-refractivity contribution in [1.82, 2.24) is 9.78 Å². The molecule has 0 spiro atoms. The van der Waals surface area contributed by atoms with Crippen molar-refractivity contribution in [2.45, 2.75) is 6.92 Å². The van der Waals surface area contributed by atoms with E-state index in [0.29, 0.717) is 15.9 Å². The van der Waals surface area contributed by atoms with Gasteiger partial charge in [-0.2, -0.15) is 5.10 Å². The number of rotatable bonds is 1. The lowest BCUT2D eigenvalue weighted by molar-refractivity contribution is 0.780. The molecule has 0 aliphatic carbocycles. The third-order valence-electron chi connectivity index (χ3n) is 2.51. The molecular weight excluding hydrogens is 245 g/mol. The van der Waals surface area contributed by atoms with E-state index < -0.39 is 0 Å². The van der Waals surface area contributed by atoms with Crippen molar-refractivity contribution < 1.29 is 0 Å². The van der Waals surface area contributed by atoms with Crippen LogP contribution in [0.1, 0.15) is 5.56 Å². The average molecular weight is 256 g/mol. The van der Waals surface area contributed by atoms with Crippen molar-refractivity contribution in [1.29, 1.82) is 0 Å². The van der Waals surface area contributed by atoms with Crippen molar-refractivity contribution in [2.24, 2.45) is 7.05 Å². The molecule has 16 heavy (non-hydrogen) atoms. The maximum atomic E-state index is 6.15. The normalized spacial score (nSPS) is 10.8. The zero-order valence-electron chi connectivity index (χ0n) is 8.96. The quantitative estimate of drug-likeness (QED) is 0.850. The van der Waals surface area contributed by atoms with Crippen LogP contribution in [-0.2, 0) is 7.05 Å². The summed E-state index contributed by atoms with van der Waals surface area (Å²) < 4.78 is 1.72. The molecule has 0 saturated carbocycles. The van der Waals surface area contributed by atoms with Gasteiger partial charge in [-0.3, -0.25) is 4.68 Å². The van der Waals surface area contributed by atoms with E-state index in [9.17, 15) is 0 Å². The highest BCUT2D eigenvalue weighted by Gasteiger charge is 2.14. The number of hydrogen-bond donors (Lipinski definition) is 1. The fourth-order valence-electron chi connectivity index (χ4n) is 1.71. The number of nitrogen functional groups attached to an aromatic ring is 1. The first-order valence-electron chi connectivity index (χ1n) is 4.75. The number of aromatic nitrogens is 2. The monoisotopic (exact) mass is 255 g/mol. The topological polar surface area (TPSA) is 43.8 Å². The molecule has 0 bridgehead atoms. The third kappa shape index (κ3) is 1.77. The molecule has 2 N–H and O–H groups in total. The molecule has 5 heteroatoms. The first kappa shape index (κ1) is 11.3. The minimum atomic E-state index is 0.517. The minimum Gasteiger partial charge on any atom is -0.382 e. The van der Waals surface area contributed by atoms with Crippen LogP contribution >= 0.6 is 23.2 Å². The Bertz CT molecular complexity index is 546. The molecule has 3 nitrogen and oxygen atoms in total. The van der Waals surface area contributed by atoms with Crippen molar-refractivity contribution in [2.75, 3.05) is 5.73 Å². The second kappa shape index (κ2) is 4.00. The second-order valence-corrected chi connectivity index (χ2v) is 4.45. The van der Waals surface area contributed by atoms with Crippen molar-refractivity contribution in [3.8, 4) is 11.3 Å². The van der Waals surface area contributed by atoms with Gasteiger partial charge in [-0.05, 0) is 25.1 Å². The summed E-state index contributed by atoms with van der Waals surface area (Å²) >= 11 is 12.0. The van der Waals surface area contributed by atoms with Gasteiger partial charge in [0.15, 0.2) is 0 Å². The summed E-state index contributed by atoms with van der Waals surface area (Å²) in [6.07, 6.45) is 0. The van der Waals surface area contributed by atoms with E-state index in [2.05, 4.69) is 5.10 Å². The molecule has 0 aliphatic heterocycles. The number of hydrogen-bond acceptors (Lipinski definition) is 2. The van der Waals surface area contributed by atoms with Crippen LogP contribution in [0.15, 0.2) is 18.2 Å². The Morgan fingerprint density at radius 1 is 1.31 bits per heavy atom. The highest BCUT2D eigenvalue weighted by Crippen LogP contribution is 2.33. The van der Waals surface area contributed by atoms with Crippen molar-refractivity contribution >= 4 is 29.0 Å². The van der Waals surface area contributed by atoms with Gasteiger partial charge < -0.3 is 5.73 Å². The Morgan fingerprint density at radius 2 is 2.00 bits per heavy atom. The van der Waals surface area contributed by atoms with Crippen LogP contribution in [0, 0.1) is 6.92 Å². The first-order chi connectivity index (χ1) is 7.50. The Balaban J connectivity index is 2.67. The van der Waals surface area contributed by atoms with Crippen LogP contribution in [-0.4, -0.2) is 9.78 Å². The van der Waals surface area contributed by atoms with Crippen LogP contribution in [0.25, 0.3) is 11.3 Å². The molecule has 0 fully saturated rings. The van der Waals surface area contributed by atoms with Crippen LogP contribution < -0.4 is 5.73 Å². The van der Waals surface area contributed by atoms with Gasteiger partial charge in [0.05, 0.1) is 10.7 Å². The summed E-state index contributed by atoms with van der Waals surface area (Å²) in [5.41, 5.74) is 8.48. The summed E-state index contributed by atoms with van der Waals surface area (Å²) in [5, 5.41) is 5.36. The Morgan fingerprint density at radius 3 is 2.50 bits per heavy atom. The largest absolute Gasteiger partial charge is 0.382 e. The van der Waals surface area contributed by atoms with E-state index >= 15 is 0 Å². The maximum absolute atomic E-state index is 6.15. The maximum Gasteiger partial charge on any atom is 0.148 e. The molecule has 0 saturated heterocycles. The molecule has 84 valence electrons. The van der Waals surface area contributed by atoms with Gasteiger partial charge in [0.1, 0.15) is 5.82 Å². The zero-order chi connectivity index (χ0) is 11.9. The van der Waals surface area contributed by atoms with Crippen molar-refractivity contribution in [3.63, 3.8) is 0 Å². The van der Waals surface area contributed by atoms with E-state index in [1.54, 1.807) is 16.8 Å². The molecule has 0 atom stereocenters. The third-order valence-corrected chi connectivity index (χ3v) is 3.05. The zero-order valence-corrected chi connectivity index (χ0v) is 10.5. The van der Waals surface area contributed by atoms with Crippen LogP contribution in [0.5, 0.6) is 0 Å². The van der Waals surface area contributed by atoms with E-state index in [1.807, 2.05) is 20.0 Å². The summed E-state index contributed by atoms with van der Waals surface area (Å²) in [7, 11) is 1.84. The highest BCUT2D eigenvalue weighted by molar-refractivity contribution is 6.36. The SMILES string of the molecule is Cc1c(N)nn(C)c1-c1ccc(Cl)cc1Cl. The number of nitrogens with two attached hydrogens (primary N) is 1. The molecule has 1 heterocycles. The predicted molar refractivity (Wildman–Crippen MR) is 67.8 cm³/mol. The van der Waals surface area contributed by atoms with Crippen molar-refractivity contribution in [3.05, 3.63) is 33.8 Å². The molecule has 2 aromatic rings. The smallest absolute Gasteiger partial charge is 0.148 e. The Kier molecular flexibility index (Phi) is 2.82. The molecule has 2 rings (SSSR count). The summed E-state index contributed by atoms with van der Waals surface area (Å²) in [6.45, 7) is 1.92. The van der Waals surface area contributed by atoms with Gasteiger partial charge in [0, 0.05) is 23.2 Å². The molecule has 0 unspecified atom stereocenters. The average Bonchev–Trinajstić information content (AvgIpc) is 2.43. The highest BCUT2D eigenvalue weighted by atomic mass is 35.5. The Hall–Kier alpha value is -1.19. The van der Waals surface area contributed by atoms with Crippen LogP contribution in [0.2, 0.25) is 10.0 Å². The lowest BCUT2D eigenvalue weighted by atomic mass is 10.1. The molecule has 1 aromatic heterocycles. The van der Waals surface area contributed by atoms with E-state index in [1.165, 1.54) is 0 Å². The van der Waals surface area contributed by atoms with Gasteiger partial charge in [0.25, 0.3) is 0 Å². The van der Waals surface area contributed by atoms with Gasteiger partial charge in [-0.1, -0.05) is 23.2 Å². The van der Waals surface area contributed by atoms with E-state index in [-0.39, 0.29) is 0 Å². The summed E-state index contributed by atoms with van der Waals surface area (Å²) in [5.74, 6) is 0.517. The van der Waals surface area contributed by atoms with Gasteiger partial charge >= 0.3 is 0 Å². The number of aryl methyl sites for hydroxylation is 1. The van der Waals surface area contributed by atoms with Gasteiger partial charge in [-0.15, -0.1) is 0 Å². The predicted octanol–water partition coefficient (Wildman–Crippen LogP) is 3.28. The molecule has 0 radical (unpaired) electrons. The molecule has 0 aliphatic rings. The minimum absolute atomic E-state index is 0.517. The lowest BCUT2D eigenvalue weighted by Gasteiger charge is -2.06. The van der Waals surface area contributed by atoms with Crippen LogP contribution in [0.3, 0.4) is 0 Å². The Labute approximate surface area is 104 Å². The van der Waals surface area contributed by atoms with E-state index in [4.69, 9.17) is 28.9 Å². The fraction of sp³-hybridized carbons (Fsp3) is 0.182. The van der Waals surface area contributed by atoms with E-state index in [0.717, 1.165) is 16.8 Å². The molecular formula is C11H11Cl2N3. The summed E-state index contributed by atoms with van der Waals surface area (Å²) in [4.78, 5) is 0. The van der Waals surface area contributed by atoms with Gasteiger partial charge in [-0.25, -0.2) is 0 Å². The lowest BCUT2D eigenvalue weighted by Crippen LogP contribution is -1.95. The van der Waals surface area contributed by atoms with Gasteiger partial charge in [0.2, 0.25) is 0 Å². The summed E-state index contributed by atoms with van der Waals surface area (Å²) in [6, 6.07) is 5.38. The number of benzene rings is 1. The second-order valence-electron chi connectivity index (χ2n) is 3.61. The molecule has 0 amide bonds. The molecule has 1 aromatic carbocycles. The standard InChI is InChI=1S/C11H11Cl2N3/c1-6-10(16(2)15-11(6)14)8-4-3-7(12)5-9(8)13/h3-5H,1-2H3,(H2,14,15). The fourth-order valence-corrected chi connectivity index (χ4v) is 2.21. The first-order valence-corrected chi connectivity index (χ1v) is 5.51.